The van der Waals surface area contributed by atoms with Crippen molar-refractivity contribution in [3.05, 3.63) is 29.8 Å². The van der Waals surface area contributed by atoms with Crippen molar-refractivity contribution in [3.63, 3.8) is 0 Å². The van der Waals surface area contributed by atoms with Gasteiger partial charge in [0.25, 0.3) is 0 Å². The maximum atomic E-state index is 5.90. The Labute approximate surface area is 180 Å². The van der Waals surface area contributed by atoms with Crippen molar-refractivity contribution in [2.24, 2.45) is 4.99 Å². The molecule has 1 aromatic carbocycles. The molecule has 152 valence electrons. The third-order valence-corrected chi connectivity index (χ3v) is 5.05. The van der Waals surface area contributed by atoms with Gasteiger partial charge in [0.2, 0.25) is 0 Å². The number of nitrogens with one attached hydrogen (secondary N) is 2. The first-order chi connectivity index (χ1) is 12.6. The number of aliphatic imine (C=N–C) groups is 1. The minimum atomic E-state index is 0. The van der Waals surface area contributed by atoms with Crippen molar-refractivity contribution in [2.45, 2.75) is 50.5 Å². The quantitative estimate of drug-likeness (QED) is 0.255. The summed E-state index contributed by atoms with van der Waals surface area (Å²) in [6.45, 7) is 2.53. The van der Waals surface area contributed by atoms with Crippen LogP contribution >= 0.6 is 24.0 Å². The van der Waals surface area contributed by atoms with Gasteiger partial charge in [-0.25, -0.2) is 0 Å². The Morgan fingerprint density at radius 1 is 1.26 bits per heavy atom. The summed E-state index contributed by atoms with van der Waals surface area (Å²) < 4.78 is 11.7. The monoisotopic (exact) mass is 488 g/mol. The lowest BCUT2D eigenvalue weighted by atomic mass is 9.96. The summed E-state index contributed by atoms with van der Waals surface area (Å²) >= 11 is 0. The topological polar surface area (TPSA) is 58.1 Å². The van der Waals surface area contributed by atoms with E-state index in [2.05, 4.69) is 46.8 Å². The third-order valence-electron chi connectivity index (χ3n) is 5.05. The summed E-state index contributed by atoms with van der Waals surface area (Å²) in [7, 11) is 5.97. The fourth-order valence-electron chi connectivity index (χ4n) is 3.62. The van der Waals surface area contributed by atoms with Crippen LogP contribution in [0, 0.1) is 0 Å². The molecule has 1 aromatic rings. The molecule has 3 atom stereocenters. The van der Waals surface area contributed by atoms with Crippen LogP contribution in [-0.4, -0.2) is 63.4 Å². The zero-order chi connectivity index (χ0) is 18.4. The zero-order valence-corrected chi connectivity index (χ0v) is 18.9. The van der Waals surface area contributed by atoms with E-state index in [1.807, 2.05) is 19.2 Å². The van der Waals surface area contributed by atoms with Crippen molar-refractivity contribution in [1.29, 1.82) is 0 Å². The number of halogens is 1. The lowest BCUT2D eigenvalue weighted by Gasteiger charge is -2.22. The molecule has 0 aromatic heterocycles. The second-order valence-electron chi connectivity index (χ2n) is 7.44. The van der Waals surface area contributed by atoms with Crippen LogP contribution in [0.2, 0.25) is 0 Å². The molecule has 2 aliphatic rings. The van der Waals surface area contributed by atoms with Crippen molar-refractivity contribution < 1.29 is 9.47 Å². The Hall–Kier alpha value is -1.06. The van der Waals surface area contributed by atoms with E-state index in [1.165, 1.54) is 12.0 Å². The van der Waals surface area contributed by atoms with E-state index in [0.717, 1.165) is 50.7 Å². The number of guanidine groups is 1. The van der Waals surface area contributed by atoms with Gasteiger partial charge in [0.15, 0.2) is 5.96 Å². The van der Waals surface area contributed by atoms with Crippen molar-refractivity contribution in [2.75, 3.05) is 34.3 Å². The number of fused-ring (bicyclic) bond motifs is 2. The zero-order valence-electron chi connectivity index (χ0n) is 16.6. The average molecular weight is 488 g/mol. The molecule has 27 heavy (non-hydrogen) atoms. The fourth-order valence-corrected chi connectivity index (χ4v) is 3.62. The molecule has 0 spiro atoms. The number of hydrogen-bond acceptors (Lipinski definition) is 4. The number of rotatable bonds is 8. The molecule has 2 N–H and O–H groups in total. The number of nitrogens with zero attached hydrogens (tertiary/aromatic N) is 2. The van der Waals surface area contributed by atoms with Gasteiger partial charge in [-0.05, 0) is 57.5 Å². The summed E-state index contributed by atoms with van der Waals surface area (Å²) in [4.78, 5) is 6.51. The third kappa shape index (κ3) is 6.80. The molecule has 3 unspecified atom stereocenters. The molecule has 0 saturated carbocycles. The van der Waals surface area contributed by atoms with Gasteiger partial charge in [-0.2, -0.15) is 0 Å². The molecule has 0 aliphatic carbocycles. The van der Waals surface area contributed by atoms with Gasteiger partial charge in [-0.15, -0.1) is 24.0 Å². The molecule has 0 amide bonds. The molecular formula is C20H33IN4O2. The van der Waals surface area contributed by atoms with E-state index in [-0.39, 0.29) is 24.0 Å². The van der Waals surface area contributed by atoms with Gasteiger partial charge in [0.1, 0.15) is 5.75 Å². The second-order valence-corrected chi connectivity index (χ2v) is 7.44. The van der Waals surface area contributed by atoms with Crippen LogP contribution in [0.5, 0.6) is 5.75 Å². The highest BCUT2D eigenvalue weighted by molar-refractivity contribution is 14.0. The van der Waals surface area contributed by atoms with Gasteiger partial charge >= 0.3 is 0 Å². The molecule has 2 fully saturated rings. The van der Waals surface area contributed by atoms with Crippen LogP contribution in [-0.2, 0) is 11.3 Å². The summed E-state index contributed by atoms with van der Waals surface area (Å²) in [5, 5.41) is 6.90. The predicted octanol–water partition coefficient (Wildman–Crippen LogP) is 2.62. The maximum absolute atomic E-state index is 5.90. The Balaban J connectivity index is 0.00000261. The largest absolute Gasteiger partial charge is 0.494 e. The smallest absolute Gasteiger partial charge is 0.191 e. The SMILES string of the molecule is CN=C(NCc1ccc(OCCCN(C)C)cc1)NC1CC2CCC1O2.I. The highest BCUT2D eigenvalue weighted by Gasteiger charge is 2.41. The minimum Gasteiger partial charge on any atom is -0.494 e. The summed E-state index contributed by atoms with van der Waals surface area (Å²) in [5.41, 5.74) is 1.21. The highest BCUT2D eigenvalue weighted by atomic mass is 127. The molecule has 0 radical (unpaired) electrons. The molecule has 3 rings (SSSR count). The number of benzene rings is 1. The first kappa shape index (κ1) is 22.2. The van der Waals surface area contributed by atoms with Crippen LogP contribution < -0.4 is 15.4 Å². The Morgan fingerprint density at radius 2 is 2.04 bits per heavy atom. The average Bonchev–Trinajstić information content (AvgIpc) is 3.26. The van der Waals surface area contributed by atoms with Gasteiger partial charge in [-0.1, -0.05) is 12.1 Å². The van der Waals surface area contributed by atoms with E-state index < -0.39 is 0 Å². The first-order valence-electron chi connectivity index (χ1n) is 9.63. The molecular weight excluding hydrogens is 455 g/mol. The van der Waals surface area contributed by atoms with Crippen LogP contribution in [0.25, 0.3) is 0 Å². The Morgan fingerprint density at radius 3 is 2.63 bits per heavy atom. The molecule has 2 bridgehead atoms. The van der Waals surface area contributed by atoms with Crippen molar-refractivity contribution >= 4 is 29.9 Å². The standard InChI is InChI=1S/C20H32N4O2.HI/c1-21-20(23-18-13-17-9-10-19(18)26-17)22-14-15-5-7-16(8-6-15)25-12-4-11-24(2)3;/h5-8,17-19H,4,9-14H2,1-3H3,(H2,21,22,23);1H. The lowest BCUT2D eigenvalue weighted by Crippen LogP contribution is -2.47. The lowest BCUT2D eigenvalue weighted by molar-refractivity contribution is 0.0992. The summed E-state index contributed by atoms with van der Waals surface area (Å²) in [6, 6.07) is 8.65. The van der Waals surface area contributed by atoms with Gasteiger partial charge in [-0.3, -0.25) is 4.99 Å². The fraction of sp³-hybridized carbons (Fsp3) is 0.650. The van der Waals surface area contributed by atoms with E-state index in [4.69, 9.17) is 9.47 Å². The molecule has 2 heterocycles. The van der Waals surface area contributed by atoms with Crippen LogP contribution in [0.4, 0.5) is 0 Å². The second kappa shape index (κ2) is 11.1. The van der Waals surface area contributed by atoms with Gasteiger partial charge in [0, 0.05) is 20.1 Å². The Bertz CT molecular complexity index is 594. The molecule has 2 aliphatic heterocycles. The van der Waals surface area contributed by atoms with Gasteiger partial charge < -0.3 is 25.0 Å². The van der Waals surface area contributed by atoms with Crippen molar-refractivity contribution in [1.82, 2.24) is 15.5 Å². The normalized spacial score (nSPS) is 24.0. The number of ether oxygens (including phenoxy) is 2. The van der Waals surface area contributed by atoms with Crippen LogP contribution in [0.3, 0.4) is 0 Å². The van der Waals surface area contributed by atoms with Crippen LogP contribution in [0.1, 0.15) is 31.2 Å². The highest BCUT2D eigenvalue weighted by Crippen LogP contribution is 2.34. The van der Waals surface area contributed by atoms with E-state index in [9.17, 15) is 0 Å². The van der Waals surface area contributed by atoms with E-state index >= 15 is 0 Å². The van der Waals surface area contributed by atoms with E-state index in [0.29, 0.717) is 18.2 Å². The maximum Gasteiger partial charge on any atom is 0.191 e. The molecule has 6 nitrogen and oxygen atoms in total. The van der Waals surface area contributed by atoms with Crippen LogP contribution in [0.15, 0.2) is 29.3 Å². The van der Waals surface area contributed by atoms with E-state index in [1.54, 1.807) is 0 Å². The Kier molecular flexibility index (Phi) is 9.11. The predicted molar refractivity (Wildman–Crippen MR) is 120 cm³/mol. The molecule has 7 heteroatoms. The number of hydrogen-bond donors (Lipinski definition) is 2. The minimum absolute atomic E-state index is 0. The molecule has 2 saturated heterocycles. The first-order valence-corrected chi connectivity index (χ1v) is 9.63. The van der Waals surface area contributed by atoms with Gasteiger partial charge in [0.05, 0.1) is 24.9 Å². The van der Waals surface area contributed by atoms with Crippen molar-refractivity contribution in [3.8, 4) is 5.75 Å². The summed E-state index contributed by atoms with van der Waals surface area (Å²) in [5.74, 6) is 1.77. The summed E-state index contributed by atoms with van der Waals surface area (Å²) in [6.07, 6.45) is 5.28.